The molecule has 0 atom stereocenters. The van der Waals surface area contributed by atoms with Gasteiger partial charge in [-0.25, -0.2) is 8.78 Å². The van der Waals surface area contributed by atoms with Crippen molar-refractivity contribution in [2.45, 2.75) is 0 Å². The normalized spacial score (nSPS) is 11.7. The van der Waals surface area contributed by atoms with Crippen LogP contribution in [0.4, 0.5) is 8.78 Å². The summed E-state index contributed by atoms with van der Waals surface area (Å²) in [5.74, 6) is 2.91. The van der Waals surface area contributed by atoms with Gasteiger partial charge in [0.15, 0.2) is 11.6 Å². The van der Waals surface area contributed by atoms with E-state index in [0.717, 1.165) is 12.1 Å². The lowest BCUT2D eigenvalue weighted by Gasteiger charge is -1.98. The smallest absolute Gasteiger partial charge is 0.159 e. The maximum Gasteiger partial charge on any atom is 0.159 e. The van der Waals surface area contributed by atoms with Gasteiger partial charge in [0.25, 0.3) is 0 Å². The summed E-state index contributed by atoms with van der Waals surface area (Å²) in [6.07, 6.45) is 0. The minimum atomic E-state index is -0.973. The van der Waals surface area contributed by atoms with Crippen LogP contribution < -0.4 is 11.6 Å². The molecule has 64 valence electrons. The largest absolute Gasteiger partial charge is 0.382 e. The number of hydrogen-bond acceptors (Lipinski definition) is 2. The van der Waals surface area contributed by atoms with E-state index in [1.165, 1.54) is 6.07 Å². The Morgan fingerprint density at radius 2 is 1.92 bits per heavy atom. The first kappa shape index (κ1) is 8.45. The molecule has 0 aliphatic carbocycles. The van der Waals surface area contributed by atoms with Crippen molar-refractivity contribution in [3.63, 3.8) is 0 Å². The number of hydrogen-bond donors (Lipinski definition) is 2. The van der Waals surface area contributed by atoms with Crippen molar-refractivity contribution in [1.82, 2.24) is 0 Å². The predicted octanol–water partition coefficient (Wildman–Crippen LogP) is 0.544. The third-order valence-corrected chi connectivity index (χ3v) is 1.35. The molecular formula is C7H7F2N3. The SMILES string of the molecule is N/N=C(/N)c1ccc(F)c(F)c1. The summed E-state index contributed by atoms with van der Waals surface area (Å²) in [4.78, 5) is 0. The Morgan fingerprint density at radius 3 is 2.42 bits per heavy atom. The molecule has 4 N–H and O–H groups in total. The number of rotatable bonds is 1. The maximum absolute atomic E-state index is 12.5. The monoisotopic (exact) mass is 171 g/mol. The van der Waals surface area contributed by atoms with E-state index >= 15 is 0 Å². The van der Waals surface area contributed by atoms with Crippen LogP contribution in [0.1, 0.15) is 5.56 Å². The molecule has 12 heavy (non-hydrogen) atoms. The standard InChI is InChI=1S/C7H7F2N3/c8-5-2-1-4(3-6(5)9)7(10)12-11/h1-3H,11H2,(H2,10,12). The number of halogens is 2. The Labute approximate surface area is 67.7 Å². The van der Waals surface area contributed by atoms with Gasteiger partial charge in [-0.15, -0.1) is 0 Å². The minimum absolute atomic E-state index is 0.0334. The van der Waals surface area contributed by atoms with Crippen molar-refractivity contribution < 1.29 is 8.78 Å². The average Bonchev–Trinajstić information content (AvgIpc) is 2.08. The van der Waals surface area contributed by atoms with Gasteiger partial charge in [0.2, 0.25) is 0 Å². The zero-order valence-electron chi connectivity index (χ0n) is 6.09. The summed E-state index contributed by atoms with van der Waals surface area (Å²) in [7, 11) is 0. The van der Waals surface area contributed by atoms with Gasteiger partial charge in [0.05, 0.1) is 0 Å². The first-order valence-electron chi connectivity index (χ1n) is 3.14. The van der Waals surface area contributed by atoms with Crippen molar-refractivity contribution in [2.24, 2.45) is 16.7 Å². The van der Waals surface area contributed by atoms with Crippen molar-refractivity contribution in [2.75, 3.05) is 0 Å². The number of hydrazone groups is 1. The molecule has 0 saturated carbocycles. The third kappa shape index (κ3) is 1.50. The average molecular weight is 171 g/mol. The van der Waals surface area contributed by atoms with Gasteiger partial charge < -0.3 is 11.6 Å². The van der Waals surface area contributed by atoms with Crippen LogP contribution in [0.5, 0.6) is 0 Å². The quantitative estimate of drug-likeness (QED) is 0.280. The molecule has 0 aromatic heterocycles. The van der Waals surface area contributed by atoms with E-state index < -0.39 is 11.6 Å². The van der Waals surface area contributed by atoms with Gasteiger partial charge >= 0.3 is 0 Å². The number of benzene rings is 1. The molecule has 1 rings (SSSR count). The molecule has 1 aromatic carbocycles. The fourth-order valence-corrected chi connectivity index (χ4v) is 0.730. The Bertz CT molecular complexity index is 322. The van der Waals surface area contributed by atoms with Gasteiger partial charge in [-0.05, 0) is 18.2 Å². The second-order valence-electron chi connectivity index (χ2n) is 2.14. The minimum Gasteiger partial charge on any atom is -0.382 e. The lowest BCUT2D eigenvalue weighted by Crippen LogP contribution is -2.15. The molecule has 0 spiro atoms. The first-order chi connectivity index (χ1) is 5.65. The Hall–Kier alpha value is -1.65. The molecule has 0 bridgehead atoms. The van der Waals surface area contributed by atoms with E-state index in [4.69, 9.17) is 11.6 Å². The van der Waals surface area contributed by atoms with Crippen LogP contribution in [-0.2, 0) is 0 Å². The van der Waals surface area contributed by atoms with Crippen LogP contribution in [-0.4, -0.2) is 5.84 Å². The van der Waals surface area contributed by atoms with Crippen LogP contribution in [0.15, 0.2) is 23.3 Å². The van der Waals surface area contributed by atoms with Gasteiger partial charge in [-0.1, -0.05) is 0 Å². The second-order valence-corrected chi connectivity index (χ2v) is 2.14. The maximum atomic E-state index is 12.5. The molecule has 0 saturated heterocycles. The van der Waals surface area contributed by atoms with E-state index in [1.54, 1.807) is 0 Å². The Kier molecular flexibility index (Phi) is 2.23. The summed E-state index contributed by atoms with van der Waals surface area (Å²) in [6, 6.07) is 3.19. The van der Waals surface area contributed by atoms with E-state index in [1.807, 2.05) is 0 Å². The van der Waals surface area contributed by atoms with Crippen LogP contribution in [0.2, 0.25) is 0 Å². The van der Waals surface area contributed by atoms with Gasteiger partial charge in [-0.3, -0.25) is 0 Å². The summed E-state index contributed by atoms with van der Waals surface area (Å²) >= 11 is 0. The topological polar surface area (TPSA) is 64.4 Å². The molecular weight excluding hydrogens is 164 g/mol. The lowest BCUT2D eigenvalue weighted by molar-refractivity contribution is 0.508. The summed E-state index contributed by atoms with van der Waals surface area (Å²) in [5.41, 5.74) is 5.51. The molecule has 0 radical (unpaired) electrons. The van der Waals surface area contributed by atoms with Gasteiger partial charge in [-0.2, -0.15) is 5.10 Å². The fraction of sp³-hybridized carbons (Fsp3) is 0. The molecule has 0 aliphatic heterocycles. The first-order valence-corrected chi connectivity index (χ1v) is 3.14. The van der Waals surface area contributed by atoms with Crippen LogP contribution >= 0.6 is 0 Å². The Balaban J connectivity index is 3.13. The number of nitrogens with two attached hydrogens (primary N) is 2. The van der Waals surface area contributed by atoms with Crippen LogP contribution in [0, 0.1) is 11.6 Å². The van der Waals surface area contributed by atoms with Crippen molar-refractivity contribution in [3.8, 4) is 0 Å². The zero-order valence-corrected chi connectivity index (χ0v) is 6.09. The van der Waals surface area contributed by atoms with Crippen molar-refractivity contribution >= 4 is 5.84 Å². The molecule has 0 aliphatic rings. The van der Waals surface area contributed by atoms with E-state index in [-0.39, 0.29) is 11.4 Å². The van der Waals surface area contributed by atoms with Crippen molar-refractivity contribution in [1.29, 1.82) is 0 Å². The van der Waals surface area contributed by atoms with Crippen LogP contribution in [0.25, 0.3) is 0 Å². The zero-order chi connectivity index (χ0) is 9.14. The molecule has 0 unspecified atom stereocenters. The highest BCUT2D eigenvalue weighted by molar-refractivity contribution is 5.97. The highest BCUT2D eigenvalue weighted by Gasteiger charge is 2.04. The lowest BCUT2D eigenvalue weighted by atomic mass is 10.2. The molecule has 3 nitrogen and oxygen atoms in total. The van der Waals surface area contributed by atoms with E-state index in [2.05, 4.69) is 5.10 Å². The van der Waals surface area contributed by atoms with Crippen molar-refractivity contribution in [3.05, 3.63) is 35.4 Å². The second kappa shape index (κ2) is 3.17. The highest BCUT2D eigenvalue weighted by Crippen LogP contribution is 2.07. The predicted molar refractivity (Wildman–Crippen MR) is 41.3 cm³/mol. The highest BCUT2D eigenvalue weighted by atomic mass is 19.2. The number of nitrogens with zero attached hydrogens (tertiary/aromatic N) is 1. The molecule has 0 heterocycles. The van der Waals surface area contributed by atoms with E-state index in [9.17, 15) is 8.78 Å². The molecule has 1 aromatic rings. The third-order valence-electron chi connectivity index (χ3n) is 1.35. The molecule has 0 amide bonds. The van der Waals surface area contributed by atoms with Gasteiger partial charge in [0, 0.05) is 5.56 Å². The fourth-order valence-electron chi connectivity index (χ4n) is 0.730. The Morgan fingerprint density at radius 1 is 1.25 bits per heavy atom. The molecule has 0 fully saturated rings. The summed E-state index contributed by atoms with van der Waals surface area (Å²) in [5, 5.41) is 3.13. The van der Waals surface area contributed by atoms with Crippen LogP contribution in [0.3, 0.4) is 0 Å². The summed E-state index contributed by atoms with van der Waals surface area (Å²) in [6.45, 7) is 0. The molecule has 5 heteroatoms. The number of amidine groups is 1. The van der Waals surface area contributed by atoms with Gasteiger partial charge in [0.1, 0.15) is 5.84 Å². The summed E-state index contributed by atoms with van der Waals surface area (Å²) < 4.78 is 24.9. The van der Waals surface area contributed by atoms with E-state index in [0.29, 0.717) is 0 Å².